The van der Waals surface area contributed by atoms with Gasteiger partial charge in [-0.15, -0.1) is 0 Å². The molecule has 1 aliphatic heterocycles. The number of nitrogens with zero attached hydrogens (tertiary/aromatic N) is 3. The Kier molecular flexibility index (Phi) is 5.31. The molecular formula is C15H20N4S. The van der Waals surface area contributed by atoms with E-state index in [9.17, 15) is 0 Å². The van der Waals surface area contributed by atoms with Gasteiger partial charge in [0.2, 0.25) is 0 Å². The van der Waals surface area contributed by atoms with Crippen LogP contribution in [0.15, 0.2) is 23.2 Å². The first kappa shape index (κ1) is 14.7. The largest absolute Gasteiger partial charge is 0.370 e. The predicted molar refractivity (Wildman–Crippen MR) is 86.6 cm³/mol. The Morgan fingerprint density at radius 1 is 1.35 bits per heavy atom. The van der Waals surface area contributed by atoms with Crippen LogP contribution in [-0.4, -0.2) is 24.5 Å². The van der Waals surface area contributed by atoms with Crippen molar-refractivity contribution in [3.05, 3.63) is 23.8 Å². The molecule has 5 heteroatoms. The molecule has 0 atom stereocenters. The number of nitrogens with one attached hydrogen (secondary N) is 1. The topological polar surface area (TPSA) is 51.4 Å². The van der Waals surface area contributed by atoms with E-state index in [0.717, 1.165) is 18.8 Å². The fourth-order valence-corrected chi connectivity index (χ4v) is 2.74. The minimum absolute atomic E-state index is 0.636. The number of thioether (sulfide) groups is 1. The van der Waals surface area contributed by atoms with Crippen molar-refractivity contribution in [2.45, 2.75) is 26.2 Å². The van der Waals surface area contributed by atoms with Gasteiger partial charge in [0.25, 0.3) is 0 Å². The van der Waals surface area contributed by atoms with Crippen LogP contribution in [0.25, 0.3) is 0 Å². The maximum atomic E-state index is 8.75. The van der Waals surface area contributed by atoms with Crippen LogP contribution in [0.4, 0.5) is 11.4 Å². The highest BCUT2D eigenvalue weighted by Crippen LogP contribution is 2.32. The summed E-state index contributed by atoms with van der Waals surface area (Å²) in [5.41, 5.74) is 3.29. The van der Waals surface area contributed by atoms with E-state index in [2.05, 4.69) is 40.3 Å². The summed E-state index contributed by atoms with van der Waals surface area (Å²) in [4.78, 5) is 7.00. The smallest absolute Gasteiger partial charge is 0.183 e. The third-order valence-electron chi connectivity index (χ3n) is 3.41. The van der Waals surface area contributed by atoms with Crippen molar-refractivity contribution in [3.8, 4) is 6.19 Å². The molecule has 2 rings (SSSR count). The van der Waals surface area contributed by atoms with Crippen LogP contribution < -0.4 is 10.2 Å². The maximum absolute atomic E-state index is 8.75. The van der Waals surface area contributed by atoms with E-state index in [0.29, 0.717) is 5.17 Å². The molecule has 0 aliphatic carbocycles. The van der Waals surface area contributed by atoms with Crippen molar-refractivity contribution >= 4 is 28.3 Å². The molecule has 0 radical (unpaired) electrons. The Balaban J connectivity index is 2.34. The van der Waals surface area contributed by atoms with E-state index in [4.69, 9.17) is 5.26 Å². The third kappa shape index (κ3) is 3.67. The van der Waals surface area contributed by atoms with Gasteiger partial charge in [-0.25, -0.2) is 4.99 Å². The molecule has 4 nitrogen and oxygen atoms in total. The van der Waals surface area contributed by atoms with Gasteiger partial charge in [0.1, 0.15) is 0 Å². The molecule has 0 aromatic heterocycles. The van der Waals surface area contributed by atoms with Crippen molar-refractivity contribution in [3.63, 3.8) is 0 Å². The Morgan fingerprint density at radius 3 is 2.75 bits per heavy atom. The van der Waals surface area contributed by atoms with Gasteiger partial charge in [0.15, 0.2) is 11.4 Å². The second-order valence-electron chi connectivity index (χ2n) is 4.90. The zero-order valence-corrected chi connectivity index (χ0v) is 12.8. The SMILES string of the molecule is CSC(=Nc1cc(C)ccc1N1CCCCC1)NC#N. The fourth-order valence-electron chi connectivity index (χ4n) is 2.41. The first-order valence-electron chi connectivity index (χ1n) is 6.88. The minimum atomic E-state index is 0.636. The van der Waals surface area contributed by atoms with E-state index in [1.807, 2.05) is 12.4 Å². The zero-order valence-electron chi connectivity index (χ0n) is 12.0. The third-order valence-corrected chi connectivity index (χ3v) is 3.99. The highest BCUT2D eigenvalue weighted by Gasteiger charge is 2.14. The monoisotopic (exact) mass is 288 g/mol. The van der Waals surface area contributed by atoms with Gasteiger partial charge in [-0.1, -0.05) is 17.8 Å². The number of rotatable bonds is 2. The standard InChI is InChI=1S/C15H20N4S/c1-12-6-7-14(19-8-4-3-5-9-19)13(10-12)18-15(20-2)17-11-16/h6-7,10H,3-5,8-9H2,1-2H3,(H,17,18). The molecule has 1 aromatic carbocycles. The van der Waals surface area contributed by atoms with Crippen molar-refractivity contribution in [1.29, 1.82) is 5.26 Å². The molecule has 0 unspecified atom stereocenters. The van der Waals surface area contributed by atoms with Crippen molar-refractivity contribution < 1.29 is 0 Å². The Hall–Kier alpha value is -1.67. The highest BCUT2D eigenvalue weighted by atomic mass is 32.2. The Bertz CT molecular complexity index is 527. The molecule has 1 aromatic rings. The lowest BCUT2D eigenvalue weighted by Gasteiger charge is -2.30. The van der Waals surface area contributed by atoms with Crippen LogP contribution in [0.2, 0.25) is 0 Å². The lowest BCUT2D eigenvalue weighted by Crippen LogP contribution is -2.29. The minimum Gasteiger partial charge on any atom is -0.370 e. The second-order valence-corrected chi connectivity index (χ2v) is 5.69. The molecular weight excluding hydrogens is 268 g/mol. The normalized spacial score (nSPS) is 15.8. The number of benzene rings is 1. The van der Waals surface area contributed by atoms with Crippen LogP contribution in [0.1, 0.15) is 24.8 Å². The number of aliphatic imine (C=N–C) groups is 1. The van der Waals surface area contributed by atoms with Gasteiger partial charge in [-0.3, -0.25) is 5.32 Å². The molecule has 0 bridgehead atoms. The van der Waals surface area contributed by atoms with Gasteiger partial charge in [0.05, 0.1) is 11.4 Å². The van der Waals surface area contributed by atoms with Gasteiger partial charge in [-0.05, 0) is 50.1 Å². The Morgan fingerprint density at radius 2 is 2.10 bits per heavy atom. The molecule has 1 N–H and O–H groups in total. The summed E-state index contributed by atoms with van der Waals surface area (Å²) < 4.78 is 0. The number of anilines is 1. The fraction of sp³-hybridized carbons (Fsp3) is 0.467. The number of amidine groups is 1. The lowest BCUT2D eigenvalue weighted by atomic mass is 10.1. The van der Waals surface area contributed by atoms with Crippen LogP contribution in [0, 0.1) is 18.4 Å². The van der Waals surface area contributed by atoms with Crippen molar-refractivity contribution in [2.24, 2.45) is 4.99 Å². The number of nitriles is 1. The summed E-state index contributed by atoms with van der Waals surface area (Å²) in [6.45, 7) is 4.24. The van der Waals surface area contributed by atoms with Crippen molar-refractivity contribution in [1.82, 2.24) is 5.32 Å². The summed E-state index contributed by atoms with van der Waals surface area (Å²) >= 11 is 1.45. The molecule has 0 amide bonds. The average molecular weight is 288 g/mol. The van der Waals surface area contributed by atoms with Gasteiger partial charge < -0.3 is 4.90 Å². The van der Waals surface area contributed by atoms with E-state index in [1.54, 1.807) is 0 Å². The van der Waals surface area contributed by atoms with E-state index in [-0.39, 0.29) is 0 Å². The second kappa shape index (κ2) is 7.20. The van der Waals surface area contributed by atoms with Crippen LogP contribution in [0.5, 0.6) is 0 Å². The molecule has 0 saturated carbocycles. The van der Waals surface area contributed by atoms with Gasteiger partial charge in [0, 0.05) is 13.1 Å². The number of hydrogen-bond donors (Lipinski definition) is 1. The molecule has 106 valence electrons. The summed E-state index contributed by atoms with van der Waals surface area (Å²) in [6, 6.07) is 6.35. The van der Waals surface area contributed by atoms with E-state index >= 15 is 0 Å². The Labute approximate surface area is 124 Å². The molecule has 1 heterocycles. The summed E-state index contributed by atoms with van der Waals surface area (Å²) in [5, 5.41) is 12.0. The highest BCUT2D eigenvalue weighted by molar-refractivity contribution is 8.13. The first-order valence-corrected chi connectivity index (χ1v) is 8.10. The number of aryl methyl sites for hydroxylation is 1. The molecule has 1 aliphatic rings. The van der Waals surface area contributed by atoms with Gasteiger partial charge in [-0.2, -0.15) is 5.26 Å². The maximum Gasteiger partial charge on any atom is 0.183 e. The number of piperidine rings is 1. The van der Waals surface area contributed by atoms with Gasteiger partial charge >= 0.3 is 0 Å². The molecule has 1 saturated heterocycles. The van der Waals surface area contributed by atoms with Crippen LogP contribution in [-0.2, 0) is 0 Å². The lowest BCUT2D eigenvalue weighted by molar-refractivity contribution is 0.578. The van der Waals surface area contributed by atoms with Crippen molar-refractivity contribution in [2.75, 3.05) is 24.2 Å². The van der Waals surface area contributed by atoms with E-state index in [1.165, 1.54) is 42.3 Å². The van der Waals surface area contributed by atoms with Crippen LogP contribution in [0.3, 0.4) is 0 Å². The summed E-state index contributed by atoms with van der Waals surface area (Å²) in [6.07, 6.45) is 7.64. The predicted octanol–water partition coefficient (Wildman–Crippen LogP) is 3.41. The summed E-state index contributed by atoms with van der Waals surface area (Å²) in [5.74, 6) is 0. The summed E-state index contributed by atoms with van der Waals surface area (Å²) in [7, 11) is 0. The average Bonchev–Trinajstić information content (AvgIpc) is 2.48. The molecule has 0 spiro atoms. The quantitative estimate of drug-likeness (QED) is 0.392. The zero-order chi connectivity index (χ0) is 14.4. The van der Waals surface area contributed by atoms with Crippen LogP contribution >= 0.6 is 11.8 Å². The number of hydrogen-bond acceptors (Lipinski definition) is 4. The molecule has 1 fully saturated rings. The first-order chi connectivity index (χ1) is 9.74. The van der Waals surface area contributed by atoms with E-state index < -0.39 is 0 Å². The molecule has 20 heavy (non-hydrogen) atoms.